The highest BCUT2D eigenvalue weighted by Crippen LogP contribution is 2.07. The summed E-state index contributed by atoms with van der Waals surface area (Å²) in [7, 11) is -2.17. The summed E-state index contributed by atoms with van der Waals surface area (Å²) in [5, 5.41) is 0. The number of hydrogen-bond donors (Lipinski definition) is 1. The summed E-state index contributed by atoms with van der Waals surface area (Å²) in [4.78, 5) is 14.6. The van der Waals surface area contributed by atoms with Gasteiger partial charge in [0.1, 0.15) is 0 Å². The highest BCUT2D eigenvalue weighted by Gasteiger charge is 2.11. The molecule has 94 valence electrons. The Bertz CT molecular complexity index is 458. The van der Waals surface area contributed by atoms with Crippen LogP contribution in [0.1, 0.15) is 12.8 Å². The predicted molar refractivity (Wildman–Crippen MR) is 62.9 cm³/mol. The number of methoxy groups -OCH3 is 1. The quantitative estimate of drug-likeness (QED) is 0.762. The monoisotopic (exact) mass is 258 g/mol. The fourth-order valence-electron chi connectivity index (χ4n) is 1.16. The van der Waals surface area contributed by atoms with Crippen molar-refractivity contribution in [3.63, 3.8) is 0 Å². The molecule has 0 saturated carbocycles. The Morgan fingerprint density at radius 2 is 2.29 bits per heavy atom. The van der Waals surface area contributed by atoms with Gasteiger partial charge in [0.15, 0.2) is 0 Å². The molecule has 0 atom stereocenters. The van der Waals surface area contributed by atoms with Gasteiger partial charge in [0, 0.05) is 12.6 Å². The van der Waals surface area contributed by atoms with Crippen molar-refractivity contribution in [2.24, 2.45) is 0 Å². The molecular weight excluding hydrogens is 244 g/mol. The van der Waals surface area contributed by atoms with Crippen molar-refractivity contribution < 1.29 is 17.9 Å². The molecule has 0 aliphatic heterocycles. The lowest BCUT2D eigenvalue weighted by molar-refractivity contribution is -0.140. The lowest BCUT2D eigenvalue weighted by Gasteiger charge is -2.06. The molecule has 6 nitrogen and oxygen atoms in total. The molecular formula is C10H14N2O4S. The first-order valence-electron chi connectivity index (χ1n) is 5.01. The molecule has 0 aliphatic rings. The van der Waals surface area contributed by atoms with Crippen LogP contribution in [0.25, 0.3) is 0 Å². The number of nitrogens with one attached hydrogen (secondary N) is 1. The normalized spacial score (nSPS) is 10.9. The van der Waals surface area contributed by atoms with Crippen LogP contribution in [-0.2, 0) is 19.6 Å². The molecule has 1 heterocycles. The van der Waals surface area contributed by atoms with Gasteiger partial charge in [0.2, 0.25) is 10.0 Å². The van der Waals surface area contributed by atoms with E-state index in [1.54, 1.807) is 18.3 Å². The van der Waals surface area contributed by atoms with Crippen molar-refractivity contribution in [1.29, 1.82) is 0 Å². The van der Waals surface area contributed by atoms with E-state index in [-0.39, 0.29) is 18.6 Å². The summed E-state index contributed by atoms with van der Waals surface area (Å²) < 4.78 is 29.9. The van der Waals surface area contributed by atoms with Crippen LogP contribution in [0.3, 0.4) is 0 Å². The van der Waals surface area contributed by atoms with E-state index in [4.69, 9.17) is 0 Å². The largest absolute Gasteiger partial charge is 0.469 e. The van der Waals surface area contributed by atoms with Gasteiger partial charge < -0.3 is 4.74 Å². The minimum atomic E-state index is -3.44. The highest BCUT2D eigenvalue weighted by atomic mass is 32.2. The summed E-state index contributed by atoms with van der Waals surface area (Å²) in [5.74, 6) is -0.543. The van der Waals surface area contributed by atoms with Gasteiger partial charge in [0.05, 0.1) is 24.7 Å². The van der Waals surface area contributed by atoms with Crippen LogP contribution in [0.5, 0.6) is 0 Å². The van der Waals surface area contributed by atoms with Gasteiger partial charge in [-0.15, -0.1) is 0 Å². The number of carbonyl (C=O) groups excluding carboxylic acids is 1. The fourth-order valence-corrected chi connectivity index (χ4v) is 2.27. The van der Waals surface area contributed by atoms with Crippen LogP contribution in [0.4, 0.5) is 5.69 Å². The molecule has 0 radical (unpaired) electrons. The molecule has 1 aromatic heterocycles. The molecule has 0 bridgehead atoms. The van der Waals surface area contributed by atoms with Gasteiger partial charge in [0.25, 0.3) is 0 Å². The Morgan fingerprint density at radius 1 is 1.53 bits per heavy atom. The number of aromatic nitrogens is 1. The first-order valence-corrected chi connectivity index (χ1v) is 6.66. The Morgan fingerprint density at radius 3 is 2.88 bits per heavy atom. The minimum Gasteiger partial charge on any atom is -0.469 e. The number of ether oxygens (including phenoxy) is 1. The number of hydrogen-bond acceptors (Lipinski definition) is 5. The van der Waals surface area contributed by atoms with E-state index in [9.17, 15) is 13.2 Å². The van der Waals surface area contributed by atoms with Gasteiger partial charge in [-0.25, -0.2) is 8.42 Å². The summed E-state index contributed by atoms with van der Waals surface area (Å²) in [6, 6.07) is 3.23. The number of carbonyl (C=O) groups is 1. The van der Waals surface area contributed by atoms with Crippen molar-refractivity contribution in [1.82, 2.24) is 4.98 Å². The molecule has 0 fully saturated rings. The third-order valence-corrected chi connectivity index (χ3v) is 3.33. The van der Waals surface area contributed by atoms with Gasteiger partial charge in [-0.05, 0) is 18.6 Å². The standard InChI is InChI=1S/C10H14N2O4S/c1-16-10(13)5-3-7-17(14,15)12-9-4-2-6-11-8-9/h2,4,6,8,12H,3,5,7H2,1H3. The fraction of sp³-hybridized carbons (Fsp3) is 0.400. The van der Waals surface area contributed by atoms with Crippen molar-refractivity contribution in [3.05, 3.63) is 24.5 Å². The Kier molecular flexibility index (Phi) is 4.89. The van der Waals surface area contributed by atoms with Crippen LogP contribution in [0.2, 0.25) is 0 Å². The Balaban J connectivity index is 2.44. The molecule has 0 unspecified atom stereocenters. The first kappa shape index (κ1) is 13.4. The first-order chi connectivity index (χ1) is 8.03. The summed E-state index contributed by atoms with van der Waals surface area (Å²) in [6.07, 6.45) is 3.28. The Labute approximate surface area is 100 Å². The Hall–Kier alpha value is -1.63. The number of nitrogens with zero attached hydrogens (tertiary/aromatic N) is 1. The molecule has 0 spiro atoms. The molecule has 17 heavy (non-hydrogen) atoms. The van der Waals surface area contributed by atoms with Gasteiger partial charge >= 0.3 is 5.97 Å². The van der Waals surface area contributed by atoms with E-state index in [1.165, 1.54) is 13.3 Å². The third-order valence-electron chi connectivity index (χ3n) is 1.96. The van der Waals surface area contributed by atoms with E-state index in [0.717, 1.165) is 0 Å². The van der Waals surface area contributed by atoms with Crippen molar-refractivity contribution in [2.75, 3.05) is 17.6 Å². The average Bonchev–Trinajstić information content (AvgIpc) is 2.29. The molecule has 1 N–H and O–H groups in total. The van der Waals surface area contributed by atoms with Crippen LogP contribution >= 0.6 is 0 Å². The average molecular weight is 258 g/mol. The number of rotatable bonds is 6. The molecule has 0 amide bonds. The summed E-state index contributed by atoms with van der Waals surface area (Å²) >= 11 is 0. The maximum atomic E-state index is 11.6. The van der Waals surface area contributed by atoms with Crippen LogP contribution in [0.15, 0.2) is 24.5 Å². The molecule has 1 rings (SSSR count). The third kappa shape index (κ3) is 5.30. The van der Waals surface area contributed by atoms with Crippen LogP contribution in [0, 0.1) is 0 Å². The number of pyridine rings is 1. The second kappa shape index (κ2) is 6.19. The molecule has 1 aromatic rings. The zero-order chi connectivity index (χ0) is 12.7. The van der Waals surface area contributed by atoms with Crippen molar-refractivity contribution in [2.45, 2.75) is 12.8 Å². The topological polar surface area (TPSA) is 85.4 Å². The summed E-state index contributed by atoms with van der Waals surface area (Å²) in [5.41, 5.74) is 0.408. The molecule has 0 aromatic carbocycles. The predicted octanol–water partition coefficient (Wildman–Crippen LogP) is 0.776. The van der Waals surface area contributed by atoms with Crippen molar-refractivity contribution in [3.8, 4) is 0 Å². The van der Waals surface area contributed by atoms with E-state index >= 15 is 0 Å². The summed E-state index contributed by atoms with van der Waals surface area (Å²) in [6.45, 7) is 0. The lowest BCUT2D eigenvalue weighted by atomic mass is 10.3. The molecule has 0 saturated heterocycles. The number of sulfonamides is 1. The molecule has 7 heteroatoms. The zero-order valence-corrected chi connectivity index (χ0v) is 10.2. The smallest absolute Gasteiger partial charge is 0.305 e. The number of esters is 1. The zero-order valence-electron chi connectivity index (χ0n) is 9.42. The minimum absolute atomic E-state index is 0.0877. The van der Waals surface area contributed by atoms with E-state index in [1.807, 2.05) is 0 Å². The second-order valence-electron chi connectivity index (χ2n) is 3.34. The van der Waals surface area contributed by atoms with Crippen LogP contribution in [-0.4, -0.2) is 32.2 Å². The van der Waals surface area contributed by atoms with Crippen molar-refractivity contribution >= 4 is 21.7 Å². The lowest BCUT2D eigenvalue weighted by Crippen LogP contribution is -2.17. The molecule has 0 aliphatic carbocycles. The maximum absolute atomic E-state index is 11.6. The van der Waals surface area contributed by atoms with Crippen LogP contribution < -0.4 is 4.72 Å². The van der Waals surface area contributed by atoms with E-state index in [2.05, 4.69) is 14.4 Å². The van der Waals surface area contributed by atoms with Gasteiger partial charge in [-0.3, -0.25) is 14.5 Å². The van der Waals surface area contributed by atoms with Gasteiger partial charge in [-0.2, -0.15) is 0 Å². The highest BCUT2D eigenvalue weighted by molar-refractivity contribution is 7.92. The van der Waals surface area contributed by atoms with E-state index < -0.39 is 16.0 Å². The van der Waals surface area contributed by atoms with Gasteiger partial charge in [-0.1, -0.05) is 0 Å². The number of anilines is 1. The van der Waals surface area contributed by atoms with E-state index in [0.29, 0.717) is 5.69 Å². The maximum Gasteiger partial charge on any atom is 0.305 e. The second-order valence-corrected chi connectivity index (χ2v) is 5.18. The SMILES string of the molecule is COC(=O)CCCS(=O)(=O)Nc1cccnc1.